The number of aliphatic carboxylic acids is 1. The molecule has 1 saturated heterocycles. The van der Waals surface area contributed by atoms with Crippen molar-refractivity contribution < 1.29 is 19.7 Å². The van der Waals surface area contributed by atoms with Gasteiger partial charge in [-0.3, -0.25) is 4.79 Å². The van der Waals surface area contributed by atoms with E-state index in [1.165, 1.54) is 6.42 Å². The van der Waals surface area contributed by atoms with Gasteiger partial charge in [-0.15, -0.1) is 0 Å². The van der Waals surface area contributed by atoms with Crippen molar-refractivity contribution in [2.45, 2.75) is 57.2 Å². The van der Waals surface area contributed by atoms with Crippen molar-refractivity contribution >= 4 is 5.97 Å². The van der Waals surface area contributed by atoms with Crippen molar-refractivity contribution in [1.82, 2.24) is 0 Å². The van der Waals surface area contributed by atoms with Crippen molar-refractivity contribution in [3.05, 3.63) is 0 Å². The summed E-state index contributed by atoms with van der Waals surface area (Å²) >= 11 is 0. The summed E-state index contributed by atoms with van der Waals surface area (Å²) < 4.78 is 5.09. The van der Waals surface area contributed by atoms with Gasteiger partial charge in [-0.25, -0.2) is 0 Å². The smallest absolute Gasteiger partial charge is 0.305 e. The minimum Gasteiger partial charge on any atom is -0.481 e. The molecule has 0 aromatic rings. The number of carboxylic acids is 1. The van der Waals surface area contributed by atoms with Crippen LogP contribution in [0.4, 0.5) is 0 Å². The lowest BCUT2D eigenvalue weighted by molar-refractivity contribution is -0.139. The van der Waals surface area contributed by atoms with E-state index in [1.54, 1.807) is 0 Å². The van der Waals surface area contributed by atoms with Crippen molar-refractivity contribution in [2.75, 3.05) is 6.61 Å². The monoisotopic (exact) mass is 216 g/mol. The molecule has 0 aromatic heterocycles. The first-order chi connectivity index (χ1) is 7.18. The minimum absolute atomic E-state index is 0.129. The molecule has 0 spiro atoms. The normalized spacial score (nSPS) is 21.3. The third-order valence-electron chi connectivity index (χ3n) is 2.63. The number of epoxide rings is 1. The van der Waals surface area contributed by atoms with Crippen LogP contribution in [0.2, 0.25) is 0 Å². The maximum atomic E-state index is 10.3. The van der Waals surface area contributed by atoms with Crippen LogP contribution in [-0.4, -0.2) is 35.0 Å². The van der Waals surface area contributed by atoms with Gasteiger partial charge in [0.05, 0.1) is 25.2 Å². The van der Waals surface area contributed by atoms with E-state index in [9.17, 15) is 9.90 Å². The summed E-state index contributed by atoms with van der Waals surface area (Å²) in [4.78, 5) is 10.3. The van der Waals surface area contributed by atoms with Gasteiger partial charge in [0.15, 0.2) is 0 Å². The van der Waals surface area contributed by atoms with Crippen LogP contribution in [-0.2, 0) is 9.53 Å². The van der Waals surface area contributed by atoms with Gasteiger partial charge in [0.2, 0.25) is 0 Å². The Morgan fingerprint density at radius 1 is 1.33 bits per heavy atom. The molecule has 4 heteroatoms. The predicted molar refractivity (Wildman–Crippen MR) is 55.7 cm³/mol. The van der Waals surface area contributed by atoms with E-state index in [1.807, 2.05) is 0 Å². The van der Waals surface area contributed by atoms with E-state index in [0.717, 1.165) is 32.3 Å². The van der Waals surface area contributed by atoms with Crippen molar-refractivity contribution in [2.24, 2.45) is 0 Å². The molecule has 4 nitrogen and oxygen atoms in total. The van der Waals surface area contributed by atoms with Crippen LogP contribution in [0.25, 0.3) is 0 Å². The van der Waals surface area contributed by atoms with Crippen LogP contribution in [0, 0.1) is 0 Å². The summed E-state index contributed by atoms with van der Waals surface area (Å²) in [5.41, 5.74) is 0. The average Bonchev–Trinajstić information content (AvgIpc) is 2.93. The van der Waals surface area contributed by atoms with Crippen molar-refractivity contribution in [3.63, 3.8) is 0 Å². The Morgan fingerprint density at radius 2 is 2.00 bits per heavy atom. The highest BCUT2D eigenvalue weighted by atomic mass is 16.6. The van der Waals surface area contributed by atoms with Gasteiger partial charge in [-0.1, -0.05) is 25.7 Å². The van der Waals surface area contributed by atoms with Crippen LogP contribution >= 0.6 is 0 Å². The van der Waals surface area contributed by atoms with Gasteiger partial charge >= 0.3 is 5.97 Å². The van der Waals surface area contributed by atoms with Crippen molar-refractivity contribution in [1.29, 1.82) is 0 Å². The Hall–Kier alpha value is -0.610. The first-order valence-electron chi connectivity index (χ1n) is 5.70. The summed E-state index contributed by atoms with van der Waals surface area (Å²) in [6.07, 6.45) is 5.79. The Kier molecular flexibility index (Phi) is 5.65. The second kappa shape index (κ2) is 6.80. The fourth-order valence-corrected chi connectivity index (χ4v) is 1.64. The van der Waals surface area contributed by atoms with Gasteiger partial charge in [-0.2, -0.15) is 0 Å². The Morgan fingerprint density at radius 3 is 2.60 bits per heavy atom. The maximum absolute atomic E-state index is 10.3. The summed E-state index contributed by atoms with van der Waals surface area (Å²) in [6, 6.07) is 0. The second-order valence-corrected chi connectivity index (χ2v) is 4.20. The number of unbranched alkanes of at least 4 members (excludes halogenated alkanes) is 3. The quantitative estimate of drug-likeness (QED) is 0.453. The lowest BCUT2D eigenvalue weighted by Gasteiger charge is -2.06. The van der Waals surface area contributed by atoms with Gasteiger partial charge in [0.1, 0.15) is 0 Å². The highest BCUT2D eigenvalue weighted by Gasteiger charge is 2.20. The van der Waals surface area contributed by atoms with Gasteiger partial charge < -0.3 is 14.9 Å². The Labute approximate surface area is 90.2 Å². The van der Waals surface area contributed by atoms with Gasteiger partial charge in [0.25, 0.3) is 0 Å². The molecular formula is C11H20O4. The molecule has 2 N–H and O–H groups in total. The molecule has 0 radical (unpaired) electrons. The van der Waals surface area contributed by atoms with Crippen LogP contribution in [0.3, 0.4) is 0 Å². The maximum Gasteiger partial charge on any atom is 0.305 e. The zero-order valence-corrected chi connectivity index (χ0v) is 9.02. The molecule has 1 fully saturated rings. The molecule has 2 atom stereocenters. The molecule has 0 saturated carbocycles. The zero-order chi connectivity index (χ0) is 11.1. The third kappa shape index (κ3) is 7.33. The first-order valence-corrected chi connectivity index (χ1v) is 5.70. The average molecular weight is 216 g/mol. The molecular weight excluding hydrogens is 196 g/mol. The molecule has 0 aromatic carbocycles. The second-order valence-electron chi connectivity index (χ2n) is 4.20. The van der Waals surface area contributed by atoms with E-state index < -0.39 is 12.1 Å². The standard InChI is InChI=1S/C11H20O4/c12-9(7-11(13)14)5-3-1-2-4-6-10-8-15-10/h9-10,12H,1-8H2,(H,13,14). The molecule has 0 aliphatic carbocycles. The number of aliphatic hydroxyl groups is 1. The van der Waals surface area contributed by atoms with Crippen molar-refractivity contribution in [3.8, 4) is 0 Å². The molecule has 0 amide bonds. The SMILES string of the molecule is O=C(O)CC(O)CCCCCCC1CO1. The van der Waals surface area contributed by atoms with Crippen LogP contribution in [0.5, 0.6) is 0 Å². The molecule has 1 rings (SSSR count). The van der Waals surface area contributed by atoms with Gasteiger partial charge in [-0.05, 0) is 12.8 Å². The number of rotatable bonds is 9. The summed E-state index contributed by atoms with van der Waals surface area (Å²) in [5, 5.41) is 17.7. The number of ether oxygens (including phenoxy) is 1. The minimum atomic E-state index is -0.923. The van der Waals surface area contributed by atoms with E-state index in [2.05, 4.69) is 0 Å². The fourth-order valence-electron chi connectivity index (χ4n) is 1.64. The number of hydrogen-bond donors (Lipinski definition) is 2. The van der Waals surface area contributed by atoms with Crippen LogP contribution < -0.4 is 0 Å². The number of carboxylic acid groups (broad SMARTS) is 1. The predicted octanol–water partition coefficient (Wildman–Crippen LogP) is 1.56. The summed E-state index contributed by atoms with van der Waals surface area (Å²) in [7, 11) is 0. The molecule has 15 heavy (non-hydrogen) atoms. The molecule has 1 aliphatic rings. The van der Waals surface area contributed by atoms with E-state index in [0.29, 0.717) is 12.5 Å². The molecule has 88 valence electrons. The Balaban J connectivity index is 1.80. The Bertz CT molecular complexity index is 189. The summed E-state index contributed by atoms with van der Waals surface area (Å²) in [5.74, 6) is -0.923. The topological polar surface area (TPSA) is 70.1 Å². The highest BCUT2D eigenvalue weighted by molar-refractivity contribution is 5.67. The van der Waals surface area contributed by atoms with E-state index in [-0.39, 0.29) is 6.42 Å². The molecule has 0 bridgehead atoms. The lowest BCUT2D eigenvalue weighted by atomic mass is 10.1. The number of aliphatic hydroxyl groups excluding tert-OH is 1. The number of hydrogen-bond acceptors (Lipinski definition) is 3. The fraction of sp³-hybridized carbons (Fsp3) is 0.909. The van der Waals surface area contributed by atoms with E-state index >= 15 is 0 Å². The third-order valence-corrected chi connectivity index (χ3v) is 2.63. The van der Waals surface area contributed by atoms with Gasteiger partial charge in [0, 0.05) is 0 Å². The first kappa shape index (κ1) is 12.5. The van der Waals surface area contributed by atoms with Crippen LogP contribution in [0.15, 0.2) is 0 Å². The lowest BCUT2D eigenvalue weighted by Crippen LogP contribution is -2.12. The molecule has 1 aliphatic heterocycles. The zero-order valence-electron chi connectivity index (χ0n) is 9.02. The number of carbonyl (C=O) groups is 1. The van der Waals surface area contributed by atoms with E-state index in [4.69, 9.17) is 9.84 Å². The van der Waals surface area contributed by atoms with Crippen LogP contribution in [0.1, 0.15) is 44.9 Å². The largest absolute Gasteiger partial charge is 0.481 e. The molecule has 1 heterocycles. The summed E-state index contributed by atoms with van der Waals surface area (Å²) in [6.45, 7) is 0.928. The molecule has 2 unspecified atom stereocenters. The highest BCUT2D eigenvalue weighted by Crippen LogP contribution is 2.18.